The molecular formula is C11H9N3O4S. The van der Waals surface area contributed by atoms with Gasteiger partial charge in [0.15, 0.2) is 0 Å². The normalized spacial score (nSPS) is 12.3. The number of hydrogen-bond donors (Lipinski definition) is 2. The van der Waals surface area contributed by atoms with Crippen molar-refractivity contribution in [2.45, 2.75) is 11.8 Å². The Hall–Kier alpha value is -2.19. The summed E-state index contributed by atoms with van der Waals surface area (Å²) < 4.78 is 32.3. The second kappa shape index (κ2) is 3.65. The van der Waals surface area contributed by atoms with Crippen LogP contribution in [0.3, 0.4) is 0 Å². The van der Waals surface area contributed by atoms with Gasteiger partial charge in [0.05, 0.1) is 21.5 Å². The molecule has 1 aromatic carbocycles. The van der Waals surface area contributed by atoms with Crippen LogP contribution in [0.5, 0.6) is 0 Å². The highest BCUT2D eigenvalue weighted by atomic mass is 32.2. The van der Waals surface area contributed by atoms with Crippen molar-refractivity contribution < 1.29 is 13.0 Å². The first-order valence-corrected chi connectivity index (χ1v) is 6.80. The number of benzene rings is 1. The summed E-state index contributed by atoms with van der Waals surface area (Å²) in [6.07, 6.45) is 0. The average Bonchev–Trinajstić information content (AvgIpc) is 2.68. The molecule has 98 valence electrons. The quantitative estimate of drug-likeness (QED) is 0.639. The largest absolute Gasteiger partial charge is 0.339 e. The van der Waals surface area contributed by atoms with E-state index in [4.69, 9.17) is 4.55 Å². The van der Waals surface area contributed by atoms with Crippen LogP contribution in [-0.2, 0) is 10.1 Å². The number of fused-ring (bicyclic) bond motifs is 2. The van der Waals surface area contributed by atoms with E-state index in [1.165, 1.54) is 12.1 Å². The van der Waals surface area contributed by atoms with E-state index in [9.17, 15) is 13.2 Å². The predicted molar refractivity (Wildman–Crippen MR) is 67.9 cm³/mol. The third-order valence-corrected chi connectivity index (χ3v) is 3.66. The van der Waals surface area contributed by atoms with Crippen molar-refractivity contribution in [1.29, 1.82) is 0 Å². The van der Waals surface area contributed by atoms with Crippen LogP contribution in [0.4, 0.5) is 0 Å². The van der Waals surface area contributed by atoms with Gasteiger partial charge in [0.1, 0.15) is 5.65 Å². The lowest BCUT2D eigenvalue weighted by molar-refractivity contribution is 0.483. The lowest BCUT2D eigenvalue weighted by Crippen LogP contribution is -2.15. The molecule has 2 heterocycles. The van der Waals surface area contributed by atoms with Gasteiger partial charge < -0.3 is 4.98 Å². The van der Waals surface area contributed by atoms with E-state index in [0.29, 0.717) is 16.9 Å². The van der Waals surface area contributed by atoms with Crippen molar-refractivity contribution >= 4 is 26.7 Å². The number of hydrogen-bond acceptors (Lipinski definition) is 4. The fraction of sp³-hybridized carbons (Fsp3) is 0.0909. The molecule has 0 spiro atoms. The molecule has 0 aliphatic rings. The van der Waals surface area contributed by atoms with E-state index in [-0.39, 0.29) is 10.3 Å². The lowest BCUT2D eigenvalue weighted by Gasteiger charge is -2.02. The molecule has 0 radical (unpaired) electrons. The molecule has 19 heavy (non-hydrogen) atoms. The smallest absolute Gasteiger partial charge is 0.294 e. The van der Waals surface area contributed by atoms with Crippen LogP contribution in [-0.4, -0.2) is 27.6 Å². The number of H-pyrrole nitrogens is 1. The zero-order valence-electron chi connectivity index (χ0n) is 9.78. The van der Waals surface area contributed by atoms with Crippen molar-refractivity contribution in [3.63, 3.8) is 0 Å². The first-order chi connectivity index (χ1) is 8.86. The maximum atomic E-state index is 12.2. The van der Waals surface area contributed by atoms with Gasteiger partial charge in [-0.25, -0.2) is 0 Å². The van der Waals surface area contributed by atoms with Gasteiger partial charge in [-0.05, 0) is 25.1 Å². The molecule has 8 heteroatoms. The number of nitrogens with zero attached hydrogens (tertiary/aromatic N) is 2. The zero-order valence-corrected chi connectivity index (χ0v) is 10.6. The minimum Gasteiger partial charge on any atom is -0.339 e. The summed E-state index contributed by atoms with van der Waals surface area (Å²) >= 11 is 0. The topological polar surface area (TPSA) is 105 Å². The summed E-state index contributed by atoms with van der Waals surface area (Å²) in [5.74, 6) is 0. The van der Waals surface area contributed by atoms with E-state index >= 15 is 0 Å². The molecule has 3 aromatic rings. The molecular weight excluding hydrogens is 270 g/mol. The van der Waals surface area contributed by atoms with Crippen LogP contribution >= 0.6 is 0 Å². The summed E-state index contributed by atoms with van der Waals surface area (Å²) in [7, 11) is -4.34. The number of aromatic amines is 1. The van der Waals surface area contributed by atoms with Gasteiger partial charge in [-0.15, -0.1) is 0 Å². The fourth-order valence-electron chi connectivity index (χ4n) is 1.97. The molecule has 0 fully saturated rings. The molecule has 0 bridgehead atoms. The SMILES string of the molecule is Cc1cc2[nH]c3ccc(S(=O)(=O)O)cc3c(=O)n2n1. The standard InChI is InChI=1S/C11H9N3O4S/c1-6-4-10-12-9-3-2-7(19(16,17)18)5-8(9)11(15)14(10)13-6/h2-5,12H,1H3,(H,16,17,18). The summed E-state index contributed by atoms with van der Waals surface area (Å²) in [5, 5.41) is 4.16. The molecule has 0 aliphatic carbocycles. The van der Waals surface area contributed by atoms with Crippen LogP contribution in [0.1, 0.15) is 5.69 Å². The van der Waals surface area contributed by atoms with Crippen molar-refractivity contribution in [1.82, 2.24) is 14.6 Å². The highest BCUT2D eigenvalue weighted by Crippen LogP contribution is 2.15. The van der Waals surface area contributed by atoms with E-state index in [1.54, 1.807) is 13.0 Å². The summed E-state index contributed by atoms with van der Waals surface area (Å²) in [6.45, 7) is 1.74. The Balaban J connectivity index is 2.49. The molecule has 0 aliphatic heterocycles. The summed E-state index contributed by atoms with van der Waals surface area (Å²) in [4.78, 5) is 14.8. The number of aromatic nitrogens is 3. The third-order valence-electron chi connectivity index (χ3n) is 2.81. The maximum Gasteiger partial charge on any atom is 0.294 e. The zero-order chi connectivity index (χ0) is 13.8. The molecule has 7 nitrogen and oxygen atoms in total. The predicted octanol–water partition coefficient (Wildman–Crippen LogP) is 0.731. The van der Waals surface area contributed by atoms with Gasteiger partial charge in [-0.1, -0.05) is 0 Å². The molecule has 2 aromatic heterocycles. The van der Waals surface area contributed by atoms with Gasteiger partial charge in [0.25, 0.3) is 15.7 Å². The number of nitrogens with one attached hydrogen (secondary N) is 1. The highest BCUT2D eigenvalue weighted by molar-refractivity contribution is 7.85. The molecule has 0 saturated heterocycles. The van der Waals surface area contributed by atoms with Crippen molar-refractivity contribution in [3.8, 4) is 0 Å². The Labute approximate surface area is 107 Å². The van der Waals surface area contributed by atoms with Crippen molar-refractivity contribution in [3.05, 3.63) is 40.3 Å². The Morgan fingerprint density at radius 2 is 2.05 bits per heavy atom. The number of aryl methyl sites for hydroxylation is 1. The van der Waals surface area contributed by atoms with Crippen molar-refractivity contribution in [2.24, 2.45) is 0 Å². The first-order valence-electron chi connectivity index (χ1n) is 5.36. The van der Waals surface area contributed by atoms with Crippen LogP contribution in [0.15, 0.2) is 34.0 Å². The van der Waals surface area contributed by atoms with Gasteiger partial charge in [-0.3, -0.25) is 9.35 Å². The van der Waals surface area contributed by atoms with Crippen LogP contribution in [0.25, 0.3) is 16.6 Å². The Morgan fingerprint density at radius 3 is 2.74 bits per heavy atom. The Bertz CT molecular complexity index is 969. The monoisotopic (exact) mass is 279 g/mol. The maximum absolute atomic E-state index is 12.2. The van der Waals surface area contributed by atoms with Gasteiger partial charge in [0.2, 0.25) is 0 Å². The van der Waals surface area contributed by atoms with Gasteiger partial charge in [-0.2, -0.15) is 18.0 Å². The van der Waals surface area contributed by atoms with E-state index in [1.807, 2.05) is 0 Å². The fourth-order valence-corrected chi connectivity index (χ4v) is 2.47. The van der Waals surface area contributed by atoms with Crippen molar-refractivity contribution in [2.75, 3.05) is 0 Å². The molecule has 3 rings (SSSR count). The molecule has 0 amide bonds. The van der Waals surface area contributed by atoms with E-state index in [0.717, 1.165) is 10.6 Å². The van der Waals surface area contributed by atoms with Gasteiger partial charge in [0, 0.05) is 6.07 Å². The lowest BCUT2D eigenvalue weighted by atomic mass is 10.2. The molecule has 0 unspecified atom stereocenters. The molecule has 0 atom stereocenters. The second-order valence-electron chi connectivity index (χ2n) is 4.20. The van der Waals surface area contributed by atoms with Crippen LogP contribution in [0, 0.1) is 6.92 Å². The average molecular weight is 279 g/mol. The van der Waals surface area contributed by atoms with Gasteiger partial charge >= 0.3 is 0 Å². The third kappa shape index (κ3) is 1.81. The summed E-state index contributed by atoms with van der Waals surface area (Å²) in [6, 6.07) is 5.49. The highest BCUT2D eigenvalue weighted by Gasteiger charge is 2.13. The second-order valence-corrected chi connectivity index (χ2v) is 5.62. The molecule has 2 N–H and O–H groups in total. The number of rotatable bonds is 1. The Morgan fingerprint density at radius 1 is 1.32 bits per heavy atom. The summed E-state index contributed by atoms with van der Waals surface area (Å²) in [5.41, 5.74) is 1.22. The first kappa shape index (κ1) is 11.9. The van der Waals surface area contributed by atoms with E-state index < -0.39 is 15.7 Å². The molecule has 0 saturated carbocycles. The van der Waals surface area contributed by atoms with Crippen LogP contribution < -0.4 is 5.56 Å². The minimum atomic E-state index is -4.34. The Kier molecular flexibility index (Phi) is 2.28. The van der Waals surface area contributed by atoms with E-state index in [2.05, 4.69) is 10.1 Å². The minimum absolute atomic E-state index is 0.144. The van der Waals surface area contributed by atoms with Crippen LogP contribution in [0.2, 0.25) is 0 Å².